The Labute approximate surface area is 189 Å². The fourth-order valence-corrected chi connectivity index (χ4v) is 3.72. The highest BCUT2D eigenvalue weighted by Crippen LogP contribution is 2.32. The SMILES string of the molecule is CCOC(=O)c1ccn(-c2ccc(NC(=O)c3ccc(N4CCCC4)c([N+](=O)[O-])c3)cc2)n1. The van der Waals surface area contributed by atoms with Gasteiger partial charge in [-0.15, -0.1) is 0 Å². The number of rotatable bonds is 7. The lowest BCUT2D eigenvalue weighted by molar-refractivity contribution is -0.384. The highest BCUT2D eigenvalue weighted by Gasteiger charge is 2.24. The molecule has 1 amide bonds. The fourth-order valence-electron chi connectivity index (χ4n) is 3.72. The normalized spacial score (nSPS) is 13.1. The molecule has 10 heteroatoms. The van der Waals surface area contributed by atoms with Crippen LogP contribution in [0.5, 0.6) is 0 Å². The van der Waals surface area contributed by atoms with Gasteiger partial charge in [0.25, 0.3) is 11.6 Å². The van der Waals surface area contributed by atoms with Crippen LogP contribution in [0, 0.1) is 10.1 Å². The van der Waals surface area contributed by atoms with Crippen LogP contribution in [-0.2, 0) is 4.74 Å². The van der Waals surface area contributed by atoms with E-state index in [1.54, 1.807) is 55.6 Å². The molecule has 1 fully saturated rings. The quantitative estimate of drug-likeness (QED) is 0.331. The maximum atomic E-state index is 12.7. The number of hydrogen-bond acceptors (Lipinski definition) is 7. The van der Waals surface area contributed by atoms with Gasteiger partial charge in [-0.2, -0.15) is 5.10 Å². The van der Waals surface area contributed by atoms with Gasteiger partial charge in [-0.25, -0.2) is 9.48 Å². The van der Waals surface area contributed by atoms with Gasteiger partial charge < -0.3 is 15.0 Å². The lowest BCUT2D eigenvalue weighted by Crippen LogP contribution is -2.19. The second-order valence-corrected chi connectivity index (χ2v) is 7.52. The van der Waals surface area contributed by atoms with Gasteiger partial charge in [-0.3, -0.25) is 14.9 Å². The molecule has 3 aromatic rings. The first-order chi connectivity index (χ1) is 16.0. The van der Waals surface area contributed by atoms with Crippen LogP contribution in [0.3, 0.4) is 0 Å². The number of nitro benzene ring substituents is 1. The van der Waals surface area contributed by atoms with E-state index in [0.717, 1.165) is 25.9 Å². The Morgan fingerprint density at radius 3 is 2.52 bits per heavy atom. The molecule has 4 rings (SSSR count). The minimum absolute atomic E-state index is 0.0732. The van der Waals surface area contributed by atoms with Crippen molar-refractivity contribution in [1.82, 2.24) is 9.78 Å². The van der Waals surface area contributed by atoms with Crippen molar-refractivity contribution in [3.8, 4) is 5.69 Å². The van der Waals surface area contributed by atoms with E-state index < -0.39 is 16.8 Å². The van der Waals surface area contributed by atoms with Gasteiger partial charge in [0.2, 0.25) is 0 Å². The van der Waals surface area contributed by atoms with Crippen LogP contribution in [0.15, 0.2) is 54.7 Å². The van der Waals surface area contributed by atoms with Crippen molar-refractivity contribution in [3.63, 3.8) is 0 Å². The van der Waals surface area contributed by atoms with Crippen LogP contribution in [0.1, 0.15) is 40.6 Å². The van der Waals surface area contributed by atoms with Gasteiger partial charge in [0.05, 0.1) is 17.2 Å². The maximum absolute atomic E-state index is 12.7. The number of anilines is 2. The van der Waals surface area contributed by atoms with Crippen molar-refractivity contribution in [3.05, 3.63) is 76.1 Å². The third kappa shape index (κ3) is 4.84. The zero-order chi connectivity index (χ0) is 23.4. The first kappa shape index (κ1) is 22.0. The van der Waals surface area contributed by atoms with Crippen LogP contribution in [-0.4, -0.2) is 46.3 Å². The number of carbonyl (C=O) groups is 2. The van der Waals surface area contributed by atoms with E-state index in [0.29, 0.717) is 17.1 Å². The summed E-state index contributed by atoms with van der Waals surface area (Å²) in [4.78, 5) is 37.6. The average molecular weight is 449 g/mol. The average Bonchev–Trinajstić information content (AvgIpc) is 3.52. The molecule has 0 unspecified atom stereocenters. The molecule has 1 N–H and O–H groups in total. The highest BCUT2D eigenvalue weighted by molar-refractivity contribution is 6.05. The Balaban J connectivity index is 1.47. The molecule has 170 valence electrons. The number of hydrogen-bond donors (Lipinski definition) is 1. The number of nitrogens with one attached hydrogen (secondary N) is 1. The number of nitro groups is 1. The molecule has 2 aromatic carbocycles. The van der Waals surface area contributed by atoms with Crippen LogP contribution < -0.4 is 10.2 Å². The van der Waals surface area contributed by atoms with E-state index in [2.05, 4.69) is 10.4 Å². The van der Waals surface area contributed by atoms with Crippen LogP contribution in [0.4, 0.5) is 17.1 Å². The van der Waals surface area contributed by atoms with E-state index in [1.807, 2.05) is 4.90 Å². The highest BCUT2D eigenvalue weighted by atomic mass is 16.6. The largest absolute Gasteiger partial charge is 0.461 e. The molecule has 0 aliphatic carbocycles. The van der Waals surface area contributed by atoms with Crippen LogP contribution in [0.25, 0.3) is 5.69 Å². The lowest BCUT2D eigenvalue weighted by atomic mass is 10.1. The monoisotopic (exact) mass is 449 g/mol. The summed E-state index contributed by atoms with van der Waals surface area (Å²) >= 11 is 0. The van der Waals surface area contributed by atoms with Gasteiger partial charge in [0.15, 0.2) is 5.69 Å². The third-order valence-electron chi connectivity index (χ3n) is 5.34. The number of benzene rings is 2. The molecule has 10 nitrogen and oxygen atoms in total. The molecular formula is C23H23N5O5. The molecule has 1 aromatic heterocycles. The number of nitrogens with zero attached hydrogens (tertiary/aromatic N) is 4. The van der Waals surface area contributed by atoms with E-state index in [1.165, 1.54) is 10.7 Å². The summed E-state index contributed by atoms with van der Waals surface area (Å²) in [5.41, 5.74) is 2.09. The minimum Gasteiger partial charge on any atom is -0.461 e. The van der Waals surface area contributed by atoms with Crippen molar-refractivity contribution in [2.24, 2.45) is 0 Å². The third-order valence-corrected chi connectivity index (χ3v) is 5.34. The van der Waals surface area contributed by atoms with E-state index in [4.69, 9.17) is 4.74 Å². The second-order valence-electron chi connectivity index (χ2n) is 7.52. The zero-order valence-corrected chi connectivity index (χ0v) is 18.1. The number of aromatic nitrogens is 2. The number of esters is 1. The first-order valence-corrected chi connectivity index (χ1v) is 10.6. The molecule has 1 saturated heterocycles. The van der Waals surface area contributed by atoms with Crippen molar-refractivity contribution in [1.29, 1.82) is 0 Å². The van der Waals surface area contributed by atoms with Gasteiger partial charge in [0.1, 0.15) is 5.69 Å². The van der Waals surface area contributed by atoms with Crippen LogP contribution >= 0.6 is 0 Å². The molecule has 1 aliphatic rings. The Morgan fingerprint density at radius 1 is 1.12 bits per heavy atom. The molecule has 33 heavy (non-hydrogen) atoms. The summed E-state index contributed by atoms with van der Waals surface area (Å²) < 4.78 is 6.46. The second kappa shape index (κ2) is 9.51. The molecule has 1 aliphatic heterocycles. The van der Waals surface area contributed by atoms with Crippen molar-refractivity contribution in [2.75, 3.05) is 29.9 Å². The molecular weight excluding hydrogens is 426 g/mol. The predicted octanol–water partition coefficient (Wildman–Crippen LogP) is 3.81. The maximum Gasteiger partial charge on any atom is 0.358 e. The Hall–Kier alpha value is -4.21. The summed E-state index contributed by atoms with van der Waals surface area (Å²) in [6.45, 7) is 3.54. The van der Waals surface area contributed by atoms with Gasteiger partial charge in [-0.1, -0.05) is 0 Å². The Kier molecular flexibility index (Phi) is 6.34. The Bertz CT molecular complexity index is 1180. The lowest BCUT2D eigenvalue weighted by Gasteiger charge is -2.17. The van der Waals surface area contributed by atoms with Crippen molar-refractivity contribution >= 4 is 28.9 Å². The molecule has 0 atom stereocenters. The smallest absolute Gasteiger partial charge is 0.358 e. The first-order valence-electron chi connectivity index (χ1n) is 10.6. The topological polar surface area (TPSA) is 120 Å². The molecule has 2 heterocycles. The zero-order valence-electron chi connectivity index (χ0n) is 18.1. The Morgan fingerprint density at radius 2 is 1.85 bits per heavy atom. The summed E-state index contributed by atoms with van der Waals surface area (Å²) in [7, 11) is 0. The van der Waals surface area contributed by atoms with E-state index in [9.17, 15) is 19.7 Å². The number of carbonyl (C=O) groups excluding carboxylic acids is 2. The molecule has 0 saturated carbocycles. The number of ether oxygens (including phenoxy) is 1. The van der Waals surface area contributed by atoms with E-state index in [-0.39, 0.29) is 23.6 Å². The summed E-state index contributed by atoms with van der Waals surface area (Å²) in [6, 6.07) is 13.0. The van der Waals surface area contributed by atoms with Gasteiger partial charge in [0, 0.05) is 36.6 Å². The molecule has 0 spiro atoms. The summed E-state index contributed by atoms with van der Waals surface area (Å²) in [5, 5.41) is 18.5. The summed E-state index contributed by atoms with van der Waals surface area (Å²) in [5.74, 6) is -0.938. The van der Waals surface area contributed by atoms with Gasteiger partial charge in [-0.05, 0) is 62.2 Å². The fraction of sp³-hybridized carbons (Fsp3) is 0.261. The van der Waals surface area contributed by atoms with Crippen molar-refractivity contribution < 1.29 is 19.2 Å². The molecule has 0 bridgehead atoms. The van der Waals surface area contributed by atoms with Gasteiger partial charge >= 0.3 is 5.97 Å². The predicted molar refractivity (Wildman–Crippen MR) is 122 cm³/mol. The van der Waals surface area contributed by atoms with Crippen molar-refractivity contribution in [2.45, 2.75) is 19.8 Å². The van der Waals surface area contributed by atoms with Crippen LogP contribution in [0.2, 0.25) is 0 Å². The minimum atomic E-state index is -0.495. The molecule has 0 radical (unpaired) electrons. The standard InChI is InChI=1S/C23H23N5O5/c1-2-33-23(30)19-11-14-27(25-19)18-8-6-17(7-9-18)24-22(29)16-5-10-20(21(15-16)28(31)32)26-12-3-4-13-26/h5-11,14-15H,2-4,12-13H2,1H3,(H,24,29). The number of amides is 1. The summed E-state index contributed by atoms with van der Waals surface area (Å²) in [6.07, 6.45) is 3.64. The van der Waals surface area contributed by atoms with E-state index >= 15 is 0 Å².